The van der Waals surface area contributed by atoms with Gasteiger partial charge in [-0.15, -0.1) is 0 Å². The summed E-state index contributed by atoms with van der Waals surface area (Å²) in [6.07, 6.45) is 6.42. The molecule has 3 nitrogen and oxygen atoms in total. The number of nitrogens with one attached hydrogen (secondary N) is 1. The number of aryl methyl sites for hydroxylation is 2. The second-order valence-electron chi connectivity index (χ2n) is 5.84. The first kappa shape index (κ1) is 14.9. The normalized spacial score (nSPS) is 15.9. The first-order valence-electron chi connectivity index (χ1n) is 7.53. The van der Waals surface area contributed by atoms with Gasteiger partial charge in [0.2, 0.25) is 5.91 Å². The fraction of sp³-hybridized carbons (Fsp3) is 0.588. The summed E-state index contributed by atoms with van der Waals surface area (Å²) in [4.78, 5) is 12.2. The summed E-state index contributed by atoms with van der Waals surface area (Å²) in [5.74, 6) is 0.934. The van der Waals surface area contributed by atoms with E-state index in [9.17, 15) is 4.79 Å². The number of benzene rings is 1. The van der Waals surface area contributed by atoms with Gasteiger partial charge in [0, 0.05) is 11.6 Å². The van der Waals surface area contributed by atoms with Gasteiger partial charge in [-0.05, 0) is 43.9 Å². The molecule has 0 radical (unpaired) electrons. The Bertz CT molecular complexity index is 476. The molecule has 2 rings (SSSR count). The summed E-state index contributed by atoms with van der Waals surface area (Å²) >= 11 is 0. The monoisotopic (exact) mass is 275 g/mol. The van der Waals surface area contributed by atoms with Gasteiger partial charge < -0.3 is 10.1 Å². The zero-order valence-electron chi connectivity index (χ0n) is 12.8. The number of amides is 1. The summed E-state index contributed by atoms with van der Waals surface area (Å²) < 4.78 is 5.42. The van der Waals surface area contributed by atoms with E-state index in [-0.39, 0.29) is 5.91 Å². The molecule has 1 aliphatic carbocycles. The Labute approximate surface area is 121 Å². The smallest absolute Gasteiger partial charge is 0.224 e. The molecule has 0 aromatic heterocycles. The van der Waals surface area contributed by atoms with Crippen LogP contribution in [-0.2, 0) is 11.2 Å². The van der Waals surface area contributed by atoms with Gasteiger partial charge in [0.1, 0.15) is 5.75 Å². The highest BCUT2D eigenvalue weighted by Gasteiger charge is 2.18. The molecule has 0 bridgehead atoms. The molecular formula is C17H25NO2. The first-order valence-corrected chi connectivity index (χ1v) is 7.53. The lowest BCUT2D eigenvalue weighted by atomic mass is 9.95. The Balaban J connectivity index is 2.03. The van der Waals surface area contributed by atoms with Crippen molar-refractivity contribution in [2.45, 2.75) is 58.4 Å². The second-order valence-corrected chi connectivity index (χ2v) is 5.84. The Hall–Kier alpha value is -1.51. The summed E-state index contributed by atoms with van der Waals surface area (Å²) in [5.41, 5.74) is 3.29. The fourth-order valence-electron chi connectivity index (χ4n) is 3.05. The second kappa shape index (κ2) is 6.78. The molecule has 1 aliphatic rings. The molecule has 1 aromatic rings. The minimum Gasteiger partial charge on any atom is -0.496 e. The van der Waals surface area contributed by atoms with Crippen LogP contribution in [0.4, 0.5) is 0 Å². The Kier molecular flexibility index (Phi) is 5.05. The topological polar surface area (TPSA) is 38.3 Å². The van der Waals surface area contributed by atoms with Crippen LogP contribution in [-0.4, -0.2) is 19.1 Å². The number of hydrogen-bond donors (Lipinski definition) is 1. The van der Waals surface area contributed by atoms with E-state index in [1.54, 1.807) is 7.11 Å². The van der Waals surface area contributed by atoms with Gasteiger partial charge in [0.15, 0.2) is 0 Å². The van der Waals surface area contributed by atoms with E-state index in [4.69, 9.17) is 4.74 Å². The lowest BCUT2D eigenvalue weighted by Crippen LogP contribution is -2.37. The van der Waals surface area contributed by atoms with Crippen molar-refractivity contribution in [3.63, 3.8) is 0 Å². The van der Waals surface area contributed by atoms with Crippen LogP contribution >= 0.6 is 0 Å². The van der Waals surface area contributed by atoms with Gasteiger partial charge >= 0.3 is 0 Å². The van der Waals surface area contributed by atoms with E-state index in [2.05, 4.69) is 11.4 Å². The van der Waals surface area contributed by atoms with Crippen LogP contribution < -0.4 is 10.1 Å². The molecule has 0 unspecified atom stereocenters. The number of ether oxygens (including phenoxy) is 1. The van der Waals surface area contributed by atoms with Crippen LogP contribution in [0.15, 0.2) is 12.1 Å². The van der Waals surface area contributed by atoms with E-state index in [0.29, 0.717) is 12.5 Å². The van der Waals surface area contributed by atoms with Crippen molar-refractivity contribution in [3.8, 4) is 5.75 Å². The van der Waals surface area contributed by atoms with E-state index in [0.717, 1.165) is 35.3 Å². The number of hydrogen-bond acceptors (Lipinski definition) is 2. The predicted octanol–water partition coefficient (Wildman–Crippen LogP) is 3.30. The largest absolute Gasteiger partial charge is 0.496 e. The van der Waals surface area contributed by atoms with Gasteiger partial charge in [-0.3, -0.25) is 4.79 Å². The third kappa shape index (κ3) is 3.75. The van der Waals surface area contributed by atoms with Crippen molar-refractivity contribution in [2.75, 3.05) is 7.11 Å². The third-order valence-electron chi connectivity index (χ3n) is 4.10. The summed E-state index contributed by atoms with van der Waals surface area (Å²) in [6, 6.07) is 4.47. The molecule has 1 fully saturated rings. The van der Waals surface area contributed by atoms with Crippen LogP contribution in [0.1, 0.15) is 48.8 Å². The molecule has 1 aromatic carbocycles. The van der Waals surface area contributed by atoms with Gasteiger partial charge in [0.05, 0.1) is 13.5 Å². The molecule has 1 amide bonds. The van der Waals surface area contributed by atoms with Crippen LogP contribution in [0.2, 0.25) is 0 Å². The average molecular weight is 275 g/mol. The highest BCUT2D eigenvalue weighted by molar-refractivity contribution is 5.80. The Morgan fingerprint density at radius 3 is 2.60 bits per heavy atom. The van der Waals surface area contributed by atoms with E-state index >= 15 is 0 Å². The zero-order valence-corrected chi connectivity index (χ0v) is 12.8. The van der Waals surface area contributed by atoms with Crippen molar-refractivity contribution in [1.29, 1.82) is 0 Å². The van der Waals surface area contributed by atoms with E-state index in [1.165, 1.54) is 19.3 Å². The van der Waals surface area contributed by atoms with Crippen LogP contribution in [0.5, 0.6) is 5.75 Å². The van der Waals surface area contributed by atoms with E-state index in [1.807, 2.05) is 19.9 Å². The summed E-state index contributed by atoms with van der Waals surface area (Å²) in [7, 11) is 1.66. The van der Waals surface area contributed by atoms with Crippen LogP contribution in [0.3, 0.4) is 0 Å². The summed E-state index contributed by atoms with van der Waals surface area (Å²) in [6.45, 7) is 4.08. The number of methoxy groups -OCH3 is 1. The average Bonchev–Trinajstić information content (AvgIpc) is 2.42. The van der Waals surface area contributed by atoms with Gasteiger partial charge in [0.25, 0.3) is 0 Å². The minimum atomic E-state index is 0.113. The maximum atomic E-state index is 12.2. The Morgan fingerprint density at radius 2 is 1.95 bits per heavy atom. The summed E-state index contributed by atoms with van der Waals surface area (Å²) in [5, 5.41) is 3.17. The first-order chi connectivity index (χ1) is 9.60. The number of carbonyl (C=O) groups excluding carboxylic acids is 1. The van der Waals surface area contributed by atoms with Crippen molar-refractivity contribution in [3.05, 3.63) is 28.8 Å². The molecule has 0 atom stereocenters. The highest BCUT2D eigenvalue weighted by Crippen LogP contribution is 2.25. The van der Waals surface area contributed by atoms with Crippen LogP contribution in [0.25, 0.3) is 0 Å². The quantitative estimate of drug-likeness (QED) is 0.915. The highest BCUT2D eigenvalue weighted by atomic mass is 16.5. The van der Waals surface area contributed by atoms with Crippen LogP contribution in [0, 0.1) is 13.8 Å². The molecule has 110 valence electrons. The molecule has 0 saturated heterocycles. The molecule has 1 N–H and O–H groups in total. The van der Waals surface area contributed by atoms with Crippen molar-refractivity contribution in [2.24, 2.45) is 0 Å². The van der Waals surface area contributed by atoms with E-state index < -0.39 is 0 Å². The number of carbonyl (C=O) groups is 1. The SMILES string of the molecule is COc1cc(C)cc(C)c1CC(=O)NC1CCCCC1. The van der Waals surface area contributed by atoms with Crippen molar-refractivity contribution < 1.29 is 9.53 Å². The van der Waals surface area contributed by atoms with Crippen molar-refractivity contribution in [1.82, 2.24) is 5.32 Å². The maximum Gasteiger partial charge on any atom is 0.224 e. The molecule has 1 saturated carbocycles. The van der Waals surface area contributed by atoms with Crippen molar-refractivity contribution >= 4 is 5.91 Å². The molecular weight excluding hydrogens is 250 g/mol. The van der Waals surface area contributed by atoms with Gasteiger partial charge in [-0.1, -0.05) is 25.3 Å². The maximum absolute atomic E-state index is 12.2. The predicted molar refractivity (Wildman–Crippen MR) is 81.2 cm³/mol. The van der Waals surface area contributed by atoms with Gasteiger partial charge in [-0.25, -0.2) is 0 Å². The molecule has 0 heterocycles. The van der Waals surface area contributed by atoms with Gasteiger partial charge in [-0.2, -0.15) is 0 Å². The lowest BCUT2D eigenvalue weighted by Gasteiger charge is -2.23. The standard InChI is InChI=1S/C17H25NO2/c1-12-9-13(2)15(16(10-12)20-3)11-17(19)18-14-7-5-4-6-8-14/h9-10,14H,4-8,11H2,1-3H3,(H,18,19). The lowest BCUT2D eigenvalue weighted by molar-refractivity contribution is -0.121. The molecule has 20 heavy (non-hydrogen) atoms. The minimum absolute atomic E-state index is 0.113. The Morgan fingerprint density at radius 1 is 1.25 bits per heavy atom. The molecule has 3 heteroatoms. The molecule has 0 spiro atoms. The molecule has 0 aliphatic heterocycles. The number of rotatable bonds is 4. The third-order valence-corrected chi connectivity index (χ3v) is 4.10. The zero-order chi connectivity index (χ0) is 14.5. The fourth-order valence-corrected chi connectivity index (χ4v) is 3.05.